The molecule has 1 atom stereocenters. The van der Waals surface area contributed by atoms with Crippen molar-refractivity contribution in [2.24, 2.45) is 5.73 Å². The standard InChI is InChI=1S/C7H8ClNO2S/c1-4(10)11-7(9)5-2-3-6(8)12-5/h2-3,7H,9H2,1H3. The van der Waals surface area contributed by atoms with Crippen LogP contribution >= 0.6 is 22.9 Å². The molecule has 0 aliphatic carbocycles. The lowest BCUT2D eigenvalue weighted by atomic mass is 10.4. The van der Waals surface area contributed by atoms with Gasteiger partial charge in [0.25, 0.3) is 0 Å². The molecule has 0 saturated carbocycles. The number of carbonyl (C=O) groups excluding carboxylic acids is 1. The Balaban J connectivity index is 2.64. The van der Waals surface area contributed by atoms with Gasteiger partial charge in [0.2, 0.25) is 0 Å². The van der Waals surface area contributed by atoms with Gasteiger partial charge in [0.1, 0.15) is 0 Å². The highest BCUT2D eigenvalue weighted by atomic mass is 35.5. The van der Waals surface area contributed by atoms with Crippen LogP contribution in [0.25, 0.3) is 0 Å². The number of rotatable bonds is 2. The maximum atomic E-state index is 10.5. The van der Waals surface area contributed by atoms with Crippen LogP contribution in [0.1, 0.15) is 18.0 Å². The molecular formula is C7H8ClNO2S. The van der Waals surface area contributed by atoms with Crippen molar-refractivity contribution in [2.45, 2.75) is 13.2 Å². The van der Waals surface area contributed by atoms with Crippen molar-refractivity contribution in [2.75, 3.05) is 0 Å². The molecule has 12 heavy (non-hydrogen) atoms. The Kier molecular flexibility index (Phi) is 3.08. The Labute approximate surface area is 79.1 Å². The van der Waals surface area contributed by atoms with E-state index in [4.69, 9.17) is 22.1 Å². The lowest BCUT2D eigenvalue weighted by molar-refractivity contribution is -0.146. The number of halogens is 1. The number of thiophene rings is 1. The topological polar surface area (TPSA) is 52.3 Å². The van der Waals surface area contributed by atoms with E-state index in [0.29, 0.717) is 4.34 Å². The average molecular weight is 206 g/mol. The number of esters is 1. The smallest absolute Gasteiger partial charge is 0.304 e. The quantitative estimate of drug-likeness (QED) is 0.593. The highest BCUT2D eigenvalue weighted by Gasteiger charge is 2.10. The first-order chi connectivity index (χ1) is 5.59. The molecule has 0 bridgehead atoms. The maximum absolute atomic E-state index is 10.5. The SMILES string of the molecule is CC(=O)OC(N)c1ccc(Cl)s1. The summed E-state index contributed by atoms with van der Waals surface area (Å²) >= 11 is 6.96. The Bertz CT molecular complexity index is 287. The summed E-state index contributed by atoms with van der Waals surface area (Å²) in [6, 6.07) is 3.45. The van der Waals surface area contributed by atoms with Crippen molar-refractivity contribution < 1.29 is 9.53 Å². The van der Waals surface area contributed by atoms with Crippen molar-refractivity contribution >= 4 is 28.9 Å². The summed E-state index contributed by atoms with van der Waals surface area (Å²) in [5.41, 5.74) is 5.52. The van der Waals surface area contributed by atoms with E-state index in [9.17, 15) is 4.79 Å². The van der Waals surface area contributed by atoms with Crippen molar-refractivity contribution in [1.29, 1.82) is 0 Å². The molecule has 5 heteroatoms. The molecule has 1 rings (SSSR count). The van der Waals surface area contributed by atoms with E-state index in [2.05, 4.69) is 0 Å². The van der Waals surface area contributed by atoms with Crippen LogP contribution < -0.4 is 5.73 Å². The molecule has 2 N–H and O–H groups in total. The van der Waals surface area contributed by atoms with E-state index in [-0.39, 0.29) is 0 Å². The van der Waals surface area contributed by atoms with E-state index in [1.807, 2.05) is 0 Å². The molecule has 1 aromatic rings. The van der Waals surface area contributed by atoms with Gasteiger partial charge in [0, 0.05) is 6.92 Å². The van der Waals surface area contributed by atoms with Gasteiger partial charge in [-0.2, -0.15) is 0 Å². The van der Waals surface area contributed by atoms with Crippen LogP contribution in [-0.4, -0.2) is 5.97 Å². The van der Waals surface area contributed by atoms with Gasteiger partial charge >= 0.3 is 5.97 Å². The number of nitrogens with two attached hydrogens (primary N) is 1. The molecular weight excluding hydrogens is 198 g/mol. The molecule has 0 saturated heterocycles. The van der Waals surface area contributed by atoms with Crippen LogP contribution in [-0.2, 0) is 9.53 Å². The van der Waals surface area contributed by atoms with Gasteiger partial charge in [0.15, 0.2) is 6.23 Å². The van der Waals surface area contributed by atoms with Gasteiger partial charge in [0.05, 0.1) is 9.21 Å². The van der Waals surface area contributed by atoms with Gasteiger partial charge in [-0.1, -0.05) is 11.6 Å². The summed E-state index contributed by atoms with van der Waals surface area (Å²) < 4.78 is 5.37. The lowest BCUT2D eigenvalue weighted by Gasteiger charge is -2.08. The Morgan fingerprint density at radius 3 is 2.83 bits per heavy atom. The van der Waals surface area contributed by atoms with Gasteiger partial charge in [-0.05, 0) is 12.1 Å². The summed E-state index contributed by atoms with van der Waals surface area (Å²) in [5, 5.41) is 0. The molecule has 3 nitrogen and oxygen atoms in total. The summed E-state index contributed by atoms with van der Waals surface area (Å²) in [4.78, 5) is 11.2. The van der Waals surface area contributed by atoms with Crippen LogP contribution in [0.3, 0.4) is 0 Å². The van der Waals surface area contributed by atoms with Gasteiger partial charge in [-0.15, -0.1) is 11.3 Å². The van der Waals surface area contributed by atoms with Gasteiger partial charge in [-0.3, -0.25) is 10.5 Å². The first kappa shape index (κ1) is 9.51. The molecule has 0 aliphatic heterocycles. The van der Waals surface area contributed by atoms with Crippen molar-refractivity contribution in [1.82, 2.24) is 0 Å². The third-order valence-electron chi connectivity index (χ3n) is 1.17. The van der Waals surface area contributed by atoms with Gasteiger partial charge < -0.3 is 4.74 Å². The van der Waals surface area contributed by atoms with E-state index < -0.39 is 12.2 Å². The Morgan fingerprint density at radius 2 is 2.42 bits per heavy atom. The van der Waals surface area contributed by atoms with Crippen molar-refractivity contribution in [3.63, 3.8) is 0 Å². The molecule has 0 amide bonds. The Hall–Kier alpha value is -0.580. The largest absolute Gasteiger partial charge is 0.442 e. The fraction of sp³-hybridized carbons (Fsp3) is 0.286. The van der Waals surface area contributed by atoms with Crippen LogP contribution in [0.15, 0.2) is 12.1 Å². The maximum Gasteiger partial charge on any atom is 0.304 e. The summed E-state index contributed by atoms with van der Waals surface area (Å²) in [5.74, 6) is -0.396. The van der Waals surface area contributed by atoms with E-state index >= 15 is 0 Å². The number of hydrogen-bond donors (Lipinski definition) is 1. The van der Waals surface area contributed by atoms with Gasteiger partial charge in [-0.25, -0.2) is 0 Å². The zero-order chi connectivity index (χ0) is 9.14. The minimum atomic E-state index is -0.694. The Morgan fingerprint density at radius 1 is 1.75 bits per heavy atom. The lowest BCUT2D eigenvalue weighted by Crippen LogP contribution is -2.15. The number of carbonyl (C=O) groups is 1. The first-order valence-electron chi connectivity index (χ1n) is 3.27. The molecule has 66 valence electrons. The molecule has 0 spiro atoms. The van der Waals surface area contributed by atoms with E-state index in [1.54, 1.807) is 12.1 Å². The molecule has 0 aliphatic rings. The predicted octanol–water partition coefficient (Wildman–Crippen LogP) is 1.92. The van der Waals surface area contributed by atoms with E-state index in [0.717, 1.165) is 4.88 Å². The van der Waals surface area contributed by atoms with Crippen LogP contribution in [0, 0.1) is 0 Å². The van der Waals surface area contributed by atoms with Crippen LogP contribution in [0.4, 0.5) is 0 Å². The molecule has 0 aromatic carbocycles. The molecule has 1 heterocycles. The zero-order valence-electron chi connectivity index (χ0n) is 6.41. The highest BCUT2D eigenvalue weighted by molar-refractivity contribution is 7.16. The third-order valence-corrected chi connectivity index (χ3v) is 2.46. The fourth-order valence-corrected chi connectivity index (χ4v) is 1.71. The predicted molar refractivity (Wildman–Crippen MR) is 48.0 cm³/mol. The van der Waals surface area contributed by atoms with Crippen LogP contribution in [0.5, 0.6) is 0 Å². The van der Waals surface area contributed by atoms with Crippen LogP contribution in [0.2, 0.25) is 4.34 Å². The minimum Gasteiger partial charge on any atom is -0.442 e. The zero-order valence-corrected chi connectivity index (χ0v) is 7.98. The molecule has 1 aromatic heterocycles. The van der Waals surface area contributed by atoms with E-state index in [1.165, 1.54) is 18.3 Å². The number of ether oxygens (including phenoxy) is 1. The molecule has 0 fully saturated rings. The molecule has 0 radical (unpaired) electrons. The second-order valence-corrected chi connectivity index (χ2v) is 3.92. The summed E-state index contributed by atoms with van der Waals surface area (Å²) in [6.07, 6.45) is -0.694. The third kappa shape index (κ3) is 2.48. The minimum absolute atomic E-state index is 0.396. The highest BCUT2D eigenvalue weighted by Crippen LogP contribution is 2.26. The second kappa shape index (κ2) is 3.89. The van der Waals surface area contributed by atoms with Crippen molar-refractivity contribution in [3.05, 3.63) is 21.3 Å². The average Bonchev–Trinajstić information content (AvgIpc) is 2.34. The number of hydrogen-bond acceptors (Lipinski definition) is 4. The second-order valence-electron chi connectivity index (χ2n) is 2.17. The monoisotopic (exact) mass is 205 g/mol. The van der Waals surface area contributed by atoms with Crippen molar-refractivity contribution in [3.8, 4) is 0 Å². The summed E-state index contributed by atoms with van der Waals surface area (Å²) in [7, 11) is 0. The summed E-state index contributed by atoms with van der Waals surface area (Å²) in [6.45, 7) is 1.31. The fourth-order valence-electron chi connectivity index (χ4n) is 0.718. The normalized spacial score (nSPS) is 12.6. The molecule has 1 unspecified atom stereocenters. The first-order valence-corrected chi connectivity index (χ1v) is 4.47.